The Labute approximate surface area is 178 Å². The van der Waals surface area contributed by atoms with E-state index in [0.717, 1.165) is 18.5 Å². The second-order valence-electron chi connectivity index (χ2n) is 7.02. The van der Waals surface area contributed by atoms with E-state index in [9.17, 15) is 9.59 Å². The number of aromatic nitrogens is 2. The Hall–Kier alpha value is -2.94. The summed E-state index contributed by atoms with van der Waals surface area (Å²) in [7, 11) is 4.60. The van der Waals surface area contributed by atoms with E-state index in [1.807, 2.05) is 6.26 Å². The molecule has 1 aromatic carbocycles. The molecule has 9 heteroatoms. The van der Waals surface area contributed by atoms with Crippen LogP contribution < -0.4 is 25.1 Å². The van der Waals surface area contributed by atoms with Crippen LogP contribution in [0.5, 0.6) is 17.2 Å². The van der Waals surface area contributed by atoms with E-state index in [4.69, 9.17) is 14.2 Å². The Bertz CT molecular complexity index is 1080. The molecule has 0 saturated heterocycles. The average Bonchev–Trinajstić information content (AvgIpc) is 2.76. The summed E-state index contributed by atoms with van der Waals surface area (Å²) in [4.78, 5) is 33.4. The van der Waals surface area contributed by atoms with Gasteiger partial charge in [-0.05, 0) is 36.8 Å². The number of benzene rings is 1. The van der Waals surface area contributed by atoms with Crippen molar-refractivity contribution in [3.8, 4) is 17.2 Å². The zero-order chi connectivity index (χ0) is 21.4. The number of carbonyl (C=O) groups excluding carboxylic acids is 1. The first-order chi connectivity index (χ1) is 14.5. The summed E-state index contributed by atoms with van der Waals surface area (Å²) >= 11 is 1.35. The zero-order valence-corrected chi connectivity index (χ0v) is 18.1. The predicted octanol–water partition coefficient (Wildman–Crippen LogP) is 3.08. The van der Waals surface area contributed by atoms with Gasteiger partial charge in [0.25, 0.3) is 5.56 Å². The fraction of sp³-hybridized carbons (Fsp3) is 0.381. The highest BCUT2D eigenvalue weighted by Crippen LogP contribution is 2.47. The molecule has 1 aliphatic heterocycles. The first-order valence-corrected chi connectivity index (χ1v) is 10.8. The number of Topliss-reactive ketones (excluding diaryl/α,β-unsaturated/α-hetero) is 1. The molecule has 4 rings (SSSR count). The van der Waals surface area contributed by atoms with Crippen molar-refractivity contribution in [2.45, 2.75) is 30.3 Å². The van der Waals surface area contributed by atoms with Crippen molar-refractivity contribution in [3.63, 3.8) is 0 Å². The minimum absolute atomic E-state index is 0.0292. The number of ketones is 1. The van der Waals surface area contributed by atoms with Crippen LogP contribution in [0.1, 0.15) is 36.3 Å². The molecule has 1 atom stereocenters. The summed E-state index contributed by atoms with van der Waals surface area (Å²) in [6.07, 6.45) is 3.79. The van der Waals surface area contributed by atoms with E-state index in [1.165, 1.54) is 33.1 Å². The number of hydrogen-bond acceptors (Lipinski definition) is 8. The zero-order valence-electron chi connectivity index (χ0n) is 17.3. The molecule has 8 nitrogen and oxygen atoms in total. The van der Waals surface area contributed by atoms with Crippen LogP contribution in [-0.4, -0.2) is 43.3 Å². The van der Waals surface area contributed by atoms with Gasteiger partial charge in [0.1, 0.15) is 5.82 Å². The minimum Gasteiger partial charge on any atom is -0.493 e. The van der Waals surface area contributed by atoms with Gasteiger partial charge in [-0.25, -0.2) is 4.98 Å². The van der Waals surface area contributed by atoms with Gasteiger partial charge in [-0.2, -0.15) is 0 Å². The standard InChI is InChI=1S/C21H23N3O5S/c1-27-13-8-10(9-14(28-2)18(13)29-3)15-16-11(6-5-7-12(16)25)22-19-17(15)20(26)24-21(23-19)30-4/h8-9,15H,5-7H2,1-4H3,(H2,22,23,24,26). The number of rotatable bonds is 5. The number of anilines is 1. The molecule has 0 saturated carbocycles. The van der Waals surface area contributed by atoms with Crippen LogP contribution in [0.4, 0.5) is 5.82 Å². The fourth-order valence-corrected chi connectivity index (χ4v) is 4.52. The van der Waals surface area contributed by atoms with Crippen molar-refractivity contribution in [1.29, 1.82) is 0 Å². The van der Waals surface area contributed by atoms with Crippen molar-refractivity contribution >= 4 is 23.4 Å². The molecule has 1 unspecified atom stereocenters. The van der Waals surface area contributed by atoms with Gasteiger partial charge in [0.2, 0.25) is 5.75 Å². The van der Waals surface area contributed by atoms with Gasteiger partial charge in [-0.3, -0.25) is 9.59 Å². The Morgan fingerprint density at radius 2 is 1.77 bits per heavy atom. The van der Waals surface area contributed by atoms with Gasteiger partial charge in [0.05, 0.1) is 26.9 Å². The van der Waals surface area contributed by atoms with E-state index in [1.54, 1.807) is 12.1 Å². The number of ether oxygens (including phenoxy) is 3. The maximum atomic E-state index is 13.1. The number of H-pyrrole nitrogens is 1. The Kier molecular flexibility index (Phi) is 5.46. The molecule has 2 N–H and O–H groups in total. The molecule has 2 heterocycles. The predicted molar refractivity (Wildman–Crippen MR) is 114 cm³/mol. The molecular formula is C21H23N3O5S. The third kappa shape index (κ3) is 3.23. The molecule has 0 amide bonds. The van der Waals surface area contributed by atoms with Crippen molar-refractivity contribution < 1.29 is 19.0 Å². The maximum Gasteiger partial charge on any atom is 0.257 e. The maximum absolute atomic E-state index is 13.1. The van der Waals surface area contributed by atoms with Gasteiger partial charge in [-0.1, -0.05) is 11.8 Å². The first kappa shape index (κ1) is 20.3. The third-order valence-electron chi connectivity index (χ3n) is 5.45. The third-order valence-corrected chi connectivity index (χ3v) is 6.03. The van der Waals surface area contributed by atoms with Crippen molar-refractivity contribution in [1.82, 2.24) is 9.97 Å². The van der Waals surface area contributed by atoms with Crippen LogP contribution in [0.25, 0.3) is 0 Å². The Balaban J connectivity index is 2.01. The molecule has 1 aromatic heterocycles. The number of nitrogens with zero attached hydrogens (tertiary/aromatic N) is 1. The lowest BCUT2D eigenvalue weighted by atomic mass is 9.76. The molecule has 0 fully saturated rings. The molecule has 0 radical (unpaired) electrons. The van der Waals surface area contributed by atoms with Crippen LogP contribution in [0.15, 0.2) is 33.4 Å². The molecular weight excluding hydrogens is 406 g/mol. The monoisotopic (exact) mass is 429 g/mol. The molecule has 0 spiro atoms. The lowest BCUT2D eigenvalue weighted by Crippen LogP contribution is -2.32. The van der Waals surface area contributed by atoms with E-state index in [-0.39, 0.29) is 11.3 Å². The van der Waals surface area contributed by atoms with E-state index in [2.05, 4.69) is 15.3 Å². The Morgan fingerprint density at radius 3 is 2.37 bits per heavy atom. The SMILES string of the molecule is COc1cc(C2C3=C(CCCC3=O)Nc3nc(SC)[nH]c(=O)c32)cc(OC)c1OC. The van der Waals surface area contributed by atoms with Crippen LogP contribution >= 0.6 is 11.8 Å². The molecule has 2 aliphatic rings. The van der Waals surface area contributed by atoms with Crippen LogP contribution in [0, 0.1) is 0 Å². The number of methoxy groups -OCH3 is 3. The van der Waals surface area contributed by atoms with Crippen molar-refractivity contribution in [2.75, 3.05) is 32.9 Å². The summed E-state index contributed by atoms with van der Waals surface area (Å²) in [5.74, 6) is 1.30. The Morgan fingerprint density at radius 1 is 1.07 bits per heavy atom. The molecule has 1 aliphatic carbocycles. The van der Waals surface area contributed by atoms with Crippen molar-refractivity contribution in [2.24, 2.45) is 0 Å². The molecule has 2 aromatic rings. The molecule has 158 valence electrons. The average molecular weight is 429 g/mol. The largest absolute Gasteiger partial charge is 0.493 e. The quantitative estimate of drug-likeness (QED) is 0.552. The number of aromatic amines is 1. The van der Waals surface area contributed by atoms with Gasteiger partial charge in [-0.15, -0.1) is 0 Å². The first-order valence-electron chi connectivity index (χ1n) is 9.53. The van der Waals surface area contributed by atoms with E-state index >= 15 is 0 Å². The highest BCUT2D eigenvalue weighted by atomic mass is 32.2. The number of hydrogen-bond donors (Lipinski definition) is 2. The summed E-state index contributed by atoms with van der Waals surface area (Å²) in [6, 6.07) is 3.57. The lowest BCUT2D eigenvalue weighted by Gasteiger charge is -2.33. The number of carbonyl (C=O) groups is 1. The van der Waals surface area contributed by atoms with Gasteiger partial charge >= 0.3 is 0 Å². The number of thioether (sulfide) groups is 1. The fourth-order valence-electron chi connectivity index (χ4n) is 4.14. The lowest BCUT2D eigenvalue weighted by molar-refractivity contribution is -0.116. The summed E-state index contributed by atoms with van der Waals surface area (Å²) in [6.45, 7) is 0. The van der Waals surface area contributed by atoms with Crippen LogP contribution in [0.3, 0.4) is 0 Å². The molecule has 30 heavy (non-hydrogen) atoms. The number of nitrogens with one attached hydrogen (secondary N) is 2. The van der Waals surface area contributed by atoms with E-state index in [0.29, 0.717) is 51.3 Å². The second-order valence-corrected chi connectivity index (χ2v) is 7.82. The van der Waals surface area contributed by atoms with Crippen molar-refractivity contribution in [3.05, 3.63) is 44.9 Å². The number of allylic oxidation sites excluding steroid dienone is 2. The summed E-state index contributed by atoms with van der Waals surface area (Å²) in [5, 5.41) is 3.77. The van der Waals surface area contributed by atoms with Gasteiger partial charge in [0.15, 0.2) is 22.4 Å². The smallest absolute Gasteiger partial charge is 0.257 e. The molecule has 0 bridgehead atoms. The van der Waals surface area contributed by atoms with E-state index < -0.39 is 5.92 Å². The van der Waals surface area contributed by atoms with Gasteiger partial charge < -0.3 is 24.5 Å². The van der Waals surface area contributed by atoms with Gasteiger partial charge in [0, 0.05) is 23.6 Å². The highest BCUT2D eigenvalue weighted by Gasteiger charge is 2.38. The van der Waals surface area contributed by atoms with Crippen LogP contribution in [-0.2, 0) is 4.79 Å². The summed E-state index contributed by atoms with van der Waals surface area (Å²) in [5.41, 5.74) is 2.27. The summed E-state index contributed by atoms with van der Waals surface area (Å²) < 4.78 is 16.4. The minimum atomic E-state index is -0.579. The normalized spacial score (nSPS) is 17.7. The highest BCUT2D eigenvalue weighted by molar-refractivity contribution is 7.98. The number of fused-ring (bicyclic) bond motifs is 1. The second kappa shape index (κ2) is 8.06. The topological polar surface area (TPSA) is 103 Å². The van der Waals surface area contributed by atoms with Crippen LogP contribution in [0.2, 0.25) is 0 Å².